The first-order valence-corrected chi connectivity index (χ1v) is 15.5. The molecule has 1 spiro atoms. The highest BCUT2D eigenvalue weighted by Crippen LogP contribution is 2.51. The van der Waals surface area contributed by atoms with Crippen LogP contribution in [-0.2, 0) is 14.9 Å². The summed E-state index contributed by atoms with van der Waals surface area (Å²) in [4.78, 5) is 18.5. The molecule has 0 aliphatic carbocycles. The van der Waals surface area contributed by atoms with Gasteiger partial charge in [0.25, 0.3) is 10.1 Å². The van der Waals surface area contributed by atoms with Crippen molar-refractivity contribution in [3.63, 3.8) is 0 Å². The van der Waals surface area contributed by atoms with Crippen molar-refractivity contribution in [3.8, 4) is 0 Å². The smallest absolute Gasteiger partial charge is 0.282 e. The van der Waals surface area contributed by atoms with Crippen molar-refractivity contribution in [2.24, 2.45) is 5.10 Å². The number of hydrogen-bond acceptors (Lipinski definition) is 8. The van der Waals surface area contributed by atoms with Crippen LogP contribution in [0.4, 0.5) is 10.8 Å². The summed E-state index contributed by atoms with van der Waals surface area (Å²) < 4.78 is 35.4. The summed E-state index contributed by atoms with van der Waals surface area (Å²) in [6.45, 7) is 0. The molecule has 12 heteroatoms. The van der Waals surface area contributed by atoms with Crippen molar-refractivity contribution in [2.75, 3.05) is 15.7 Å². The van der Waals surface area contributed by atoms with Gasteiger partial charge in [-0.15, -0.1) is 0 Å². The number of nitrogens with zero attached hydrogens (tertiary/aromatic N) is 4. The molecule has 1 aromatic heterocycles. The van der Waals surface area contributed by atoms with E-state index < -0.39 is 15.1 Å². The van der Waals surface area contributed by atoms with Crippen molar-refractivity contribution in [1.29, 1.82) is 0 Å². The summed E-state index contributed by atoms with van der Waals surface area (Å²) in [6.07, 6.45) is 4.21. The molecule has 3 aromatic carbocycles. The summed E-state index contributed by atoms with van der Waals surface area (Å²) in [5.41, 5.74) is 2.89. The average molecular weight is 628 g/mol. The fourth-order valence-corrected chi connectivity index (χ4v) is 7.84. The molecule has 1 atom stereocenters. The Labute approximate surface area is 235 Å². The van der Waals surface area contributed by atoms with Gasteiger partial charge in [0.05, 0.1) is 32.3 Å². The Morgan fingerprint density at radius 1 is 1.03 bits per heavy atom. The van der Waals surface area contributed by atoms with Gasteiger partial charge in [0, 0.05) is 10.9 Å². The van der Waals surface area contributed by atoms with Crippen molar-refractivity contribution in [2.45, 2.75) is 16.3 Å². The quantitative estimate of drug-likeness (QED) is 0.270. The van der Waals surface area contributed by atoms with E-state index in [0.29, 0.717) is 23.0 Å². The Balaban J connectivity index is 1.48. The maximum absolute atomic E-state index is 13.4. The number of amides is 1. The molecule has 38 heavy (non-hydrogen) atoms. The number of carbonyl (C=O) groups is 1. The Morgan fingerprint density at radius 3 is 2.61 bits per heavy atom. The van der Waals surface area contributed by atoms with E-state index in [-0.39, 0.29) is 16.6 Å². The van der Waals surface area contributed by atoms with Crippen molar-refractivity contribution >= 4 is 87.9 Å². The van der Waals surface area contributed by atoms with Crippen LogP contribution in [-0.4, -0.2) is 40.3 Å². The van der Waals surface area contributed by atoms with Gasteiger partial charge in [-0.1, -0.05) is 81.5 Å². The van der Waals surface area contributed by atoms with Gasteiger partial charge in [-0.2, -0.15) is 13.5 Å². The van der Waals surface area contributed by atoms with Crippen LogP contribution in [0.1, 0.15) is 12.0 Å². The number of thiazole rings is 1. The van der Waals surface area contributed by atoms with Crippen LogP contribution >= 0.6 is 39.0 Å². The first kappa shape index (κ1) is 25.3. The molecule has 1 N–H and O–H groups in total. The maximum Gasteiger partial charge on any atom is 0.294 e. The molecular formula is C26H19BrN4O4S3. The number of allylic oxidation sites excluding steroid dienone is 1. The lowest BCUT2D eigenvalue weighted by atomic mass is 10.1. The molecule has 6 rings (SSSR count). The number of rotatable bonds is 5. The summed E-state index contributed by atoms with van der Waals surface area (Å²) in [7, 11) is -4.44. The van der Waals surface area contributed by atoms with E-state index in [4.69, 9.17) is 10.1 Å². The van der Waals surface area contributed by atoms with E-state index in [1.165, 1.54) is 35.2 Å². The third kappa shape index (κ3) is 4.46. The van der Waals surface area contributed by atoms with Crippen molar-refractivity contribution in [1.82, 2.24) is 4.98 Å². The minimum Gasteiger partial charge on any atom is -0.282 e. The van der Waals surface area contributed by atoms with E-state index >= 15 is 0 Å². The molecule has 0 saturated carbocycles. The van der Waals surface area contributed by atoms with Crippen LogP contribution in [0.2, 0.25) is 0 Å². The molecule has 1 unspecified atom stereocenters. The second kappa shape index (κ2) is 9.62. The molecule has 2 aliphatic rings. The zero-order valence-corrected chi connectivity index (χ0v) is 23.6. The van der Waals surface area contributed by atoms with Crippen LogP contribution < -0.4 is 9.91 Å². The van der Waals surface area contributed by atoms with Gasteiger partial charge < -0.3 is 0 Å². The number of carbonyl (C=O) groups excluding carboxylic acids is 1. The predicted molar refractivity (Wildman–Crippen MR) is 156 cm³/mol. The van der Waals surface area contributed by atoms with Gasteiger partial charge in [-0.25, -0.2) is 9.99 Å². The van der Waals surface area contributed by atoms with Gasteiger partial charge >= 0.3 is 0 Å². The largest absolute Gasteiger partial charge is 0.294 e. The molecule has 192 valence electrons. The number of hydrazone groups is 1. The second-order valence-electron chi connectivity index (χ2n) is 8.63. The SMILES string of the molecule is O=C1CSC2(CC(C=Cc3ccccc3Br)=NN2c2cccc(S(=O)(=O)O)c2)N1c1nc2ccccc2s1. The predicted octanol–water partition coefficient (Wildman–Crippen LogP) is 6.02. The first-order chi connectivity index (χ1) is 18.2. The Hall–Kier alpha value is -3.03. The highest BCUT2D eigenvalue weighted by atomic mass is 79.9. The molecule has 1 fully saturated rings. The first-order valence-electron chi connectivity index (χ1n) is 11.5. The molecule has 2 aliphatic heterocycles. The number of fused-ring (bicyclic) bond motifs is 1. The second-order valence-corrected chi connectivity index (χ2v) is 13.1. The van der Waals surface area contributed by atoms with Gasteiger partial charge in [-0.05, 0) is 48.0 Å². The Bertz CT molecular complexity index is 1720. The summed E-state index contributed by atoms with van der Waals surface area (Å²) >= 11 is 6.40. The zero-order chi connectivity index (χ0) is 26.5. The molecule has 8 nitrogen and oxygen atoms in total. The lowest BCUT2D eigenvalue weighted by Gasteiger charge is -2.39. The molecule has 0 radical (unpaired) electrons. The van der Waals surface area contributed by atoms with Gasteiger partial charge in [0.15, 0.2) is 10.1 Å². The number of thioether (sulfide) groups is 1. The van der Waals surface area contributed by atoms with E-state index in [1.54, 1.807) is 22.0 Å². The Kier molecular flexibility index (Phi) is 6.39. The average Bonchev–Trinajstić information content (AvgIpc) is 3.58. The minimum absolute atomic E-state index is 0.115. The Morgan fingerprint density at radius 2 is 1.82 bits per heavy atom. The fourth-order valence-electron chi connectivity index (χ4n) is 4.48. The third-order valence-electron chi connectivity index (χ3n) is 6.19. The maximum atomic E-state index is 13.4. The highest BCUT2D eigenvalue weighted by Gasteiger charge is 2.56. The summed E-state index contributed by atoms with van der Waals surface area (Å²) in [6, 6.07) is 21.4. The number of hydrogen-bond donors (Lipinski definition) is 1. The van der Waals surface area contributed by atoms with Crippen LogP contribution in [0, 0.1) is 0 Å². The van der Waals surface area contributed by atoms with Crippen molar-refractivity contribution in [3.05, 3.63) is 88.9 Å². The molecule has 0 bridgehead atoms. The van der Waals surface area contributed by atoms with E-state index in [1.807, 2.05) is 60.7 Å². The lowest BCUT2D eigenvalue weighted by molar-refractivity contribution is -0.116. The standard InChI is InChI=1S/C26H19BrN4O4S3/c27-21-9-2-1-6-17(21)12-13-18-15-26(31(29-18)19-7-5-8-20(14-19)38(33,34)35)30(24(32)16-36-26)25-28-22-10-3-4-11-23(22)37-25/h1-14H,15-16H2,(H,33,34,35). The molecule has 3 heterocycles. The zero-order valence-electron chi connectivity index (χ0n) is 19.6. The van der Waals surface area contributed by atoms with Crippen LogP contribution in [0.3, 0.4) is 0 Å². The molecule has 1 saturated heterocycles. The van der Waals surface area contributed by atoms with Gasteiger partial charge in [-0.3, -0.25) is 14.2 Å². The number of benzene rings is 3. The number of halogens is 1. The lowest BCUT2D eigenvalue weighted by Crippen LogP contribution is -2.53. The van der Waals surface area contributed by atoms with Gasteiger partial charge in [0.1, 0.15) is 0 Å². The van der Waals surface area contributed by atoms with E-state index in [2.05, 4.69) is 15.9 Å². The van der Waals surface area contributed by atoms with Gasteiger partial charge in [0.2, 0.25) is 5.91 Å². The molecule has 1 amide bonds. The minimum atomic E-state index is -4.44. The van der Waals surface area contributed by atoms with Crippen molar-refractivity contribution < 1.29 is 17.8 Å². The molecule has 4 aromatic rings. The van der Waals surface area contributed by atoms with E-state index in [0.717, 1.165) is 20.3 Å². The third-order valence-corrected chi connectivity index (χ3v) is 10.1. The van der Waals surface area contributed by atoms with Crippen LogP contribution in [0.15, 0.2) is 93.3 Å². The van der Waals surface area contributed by atoms with Crippen LogP contribution in [0.5, 0.6) is 0 Å². The van der Waals surface area contributed by atoms with Crippen LogP contribution in [0.25, 0.3) is 16.3 Å². The van der Waals surface area contributed by atoms with E-state index in [9.17, 15) is 17.8 Å². The number of para-hydroxylation sites is 1. The summed E-state index contributed by atoms with van der Waals surface area (Å²) in [5.74, 6) is 0.0949. The summed E-state index contributed by atoms with van der Waals surface area (Å²) in [5, 5.41) is 7.07. The molecular weight excluding hydrogens is 608 g/mol. The monoisotopic (exact) mass is 626 g/mol. The normalized spacial score (nSPS) is 19.8. The fraction of sp³-hybridized carbons (Fsp3) is 0.115. The highest BCUT2D eigenvalue weighted by molar-refractivity contribution is 9.10. The topological polar surface area (TPSA) is 103 Å². The number of anilines is 2. The number of aromatic nitrogens is 1.